The number of nitrogens with zero attached hydrogens (tertiary/aromatic N) is 2. The number of sulfonamides is 1. The molecule has 3 amide bonds. The first-order chi connectivity index (χ1) is 25.4. The van der Waals surface area contributed by atoms with Crippen LogP contribution in [0.3, 0.4) is 0 Å². The van der Waals surface area contributed by atoms with Gasteiger partial charge in [-0.2, -0.15) is 0 Å². The van der Waals surface area contributed by atoms with Crippen molar-refractivity contribution in [2.24, 2.45) is 5.92 Å². The maximum atomic E-state index is 14.5. The first kappa shape index (κ1) is 39.4. The molecular formula is C40H50N4O8S. The third-order valence-corrected chi connectivity index (χ3v) is 10.9. The van der Waals surface area contributed by atoms with Crippen LogP contribution in [0.15, 0.2) is 89.8 Å². The standard InChI is InChI=1S/C40H50N4O8S/c1-27-24-44(28(2)26-45)39(46)35-23-31(42-53(48,49)33-19-17-32(50-5)18-20-33)16-21-37(35)52-29(3)11-8-9-22-51-38(27)25-43(4)40(47)41-36-15-10-13-30-12-6-7-14-34(30)36/h6-7,10,12-21,23,27-29,38,42,45H,8-9,11,22,24-26H2,1-5H3,(H,41,47)/t27-,28-,29+,38+/m0/s1. The number of aliphatic hydroxyl groups excluding tert-OH is 1. The van der Waals surface area contributed by atoms with Crippen LogP contribution in [-0.4, -0.2) is 94.0 Å². The number of rotatable bonds is 9. The maximum absolute atomic E-state index is 14.5. The third-order valence-electron chi connectivity index (χ3n) is 9.51. The third kappa shape index (κ3) is 9.98. The summed E-state index contributed by atoms with van der Waals surface area (Å²) in [4.78, 5) is 31.1. The first-order valence-corrected chi connectivity index (χ1v) is 19.4. The lowest BCUT2D eigenvalue weighted by Crippen LogP contribution is -2.48. The molecule has 0 bridgehead atoms. The number of urea groups is 1. The number of benzene rings is 4. The summed E-state index contributed by atoms with van der Waals surface area (Å²) < 4.78 is 47.1. The lowest BCUT2D eigenvalue weighted by atomic mass is 10.0. The highest BCUT2D eigenvalue weighted by Crippen LogP contribution is 2.30. The molecule has 12 nitrogen and oxygen atoms in total. The Labute approximate surface area is 312 Å². The number of carbonyl (C=O) groups excluding carboxylic acids is 2. The number of aliphatic hydroxyl groups is 1. The second-order valence-electron chi connectivity index (χ2n) is 13.6. The molecule has 4 aromatic rings. The van der Waals surface area contributed by atoms with Crippen LogP contribution in [0.2, 0.25) is 0 Å². The molecule has 1 heterocycles. The molecule has 0 spiro atoms. The zero-order valence-electron chi connectivity index (χ0n) is 30.9. The average Bonchev–Trinajstić information content (AvgIpc) is 3.15. The number of likely N-dealkylation sites (N-methyl/N-ethyl adjacent to an activating group) is 1. The summed E-state index contributed by atoms with van der Waals surface area (Å²) in [6.07, 6.45) is 1.55. The minimum Gasteiger partial charge on any atom is -0.497 e. The number of nitrogens with one attached hydrogen (secondary N) is 2. The van der Waals surface area contributed by atoms with Gasteiger partial charge in [0.1, 0.15) is 11.5 Å². The number of anilines is 2. The molecule has 4 atom stereocenters. The second-order valence-corrected chi connectivity index (χ2v) is 15.3. The predicted octanol–water partition coefficient (Wildman–Crippen LogP) is 6.61. The second kappa shape index (κ2) is 17.8. The molecule has 4 aromatic carbocycles. The monoisotopic (exact) mass is 746 g/mol. The van der Waals surface area contributed by atoms with Gasteiger partial charge in [-0.25, -0.2) is 13.2 Å². The van der Waals surface area contributed by atoms with Gasteiger partial charge in [0.05, 0.1) is 48.1 Å². The van der Waals surface area contributed by atoms with Crippen LogP contribution in [0.5, 0.6) is 11.5 Å². The van der Waals surface area contributed by atoms with Gasteiger partial charge in [-0.1, -0.05) is 43.3 Å². The van der Waals surface area contributed by atoms with Gasteiger partial charge >= 0.3 is 6.03 Å². The van der Waals surface area contributed by atoms with E-state index in [0.29, 0.717) is 30.2 Å². The van der Waals surface area contributed by atoms with Gasteiger partial charge in [0.25, 0.3) is 15.9 Å². The Morgan fingerprint density at radius 2 is 1.77 bits per heavy atom. The Morgan fingerprint density at radius 3 is 2.51 bits per heavy atom. The fourth-order valence-corrected chi connectivity index (χ4v) is 7.36. The Morgan fingerprint density at radius 1 is 1.04 bits per heavy atom. The number of carbonyl (C=O) groups is 2. The molecule has 0 saturated carbocycles. The summed E-state index contributed by atoms with van der Waals surface area (Å²) in [6.45, 7) is 6.19. The van der Waals surface area contributed by atoms with Gasteiger partial charge in [0.2, 0.25) is 0 Å². The summed E-state index contributed by atoms with van der Waals surface area (Å²) >= 11 is 0. The van der Waals surface area contributed by atoms with E-state index in [1.54, 1.807) is 48.0 Å². The highest BCUT2D eigenvalue weighted by Gasteiger charge is 2.31. The van der Waals surface area contributed by atoms with E-state index in [-0.39, 0.29) is 53.9 Å². The van der Waals surface area contributed by atoms with Crippen molar-refractivity contribution >= 4 is 44.1 Å². The Bertz CT molecular complexity index is 1970. The highest BCUT2D eigenvalue weighted by atomic mass is 32.2. The molecule has 284 valence electrons. The van der Waals surface area contributed by atoms with Crippen molar-refractivity contribution in [2.45, 2.75) is 63.2 Å². The Balaban J connectivity index is 1.40. The lowest BCUT2D eigenvalue weighted by Gasteiger charge is -2.35. The quantitative estimate of drug-likeness (QED) is 0.174. The van der Waals surface area contributed by atoms with Crippen LogP contribution < -0.4 is 19.5 Å². The number of ether oxygens (including phenoxy) is 3. The molecular weight excluding hydrogens is 697 g/mol. The molecule has 0 fully saturated rings. The molecule has 1 aliphatic heterocycles. The molecule has 1 aliphatic rings. The minimum atomic E-state index is -4.01. The molecule has 5 rings (SSSR count). The van der Waals surface area contributed by atoms with Crippen molar-refractivity contribution in [3.05, 3.63) is 90.5 Å². The summed E-state index contributed by atoms with van der Waals surface area (Å²) in [6, 6.07) is 23.3. The van der Waals surface area contributed by atoms with E-state index in [2.05, 4.69) is 10.0 Å². The topological polar surface area (TPSA) is 147 Å². The van der Waals surface area contributed by atoms with Crippen molar-refractivity contribution in [3.8, 4) is 11.5 Å². The molecule has 0 saturated heterocycles. The smallest absolute Gasteiger partial charge is 0.321 e. The zero-order chi connectivity index (χ0) is 38.1. The fraction of sp³-hybridized carbons (Fsp3) is 0.400. The molecule has 3 N–H and O–H groups in total. The summed E-state index contributed by atoms with van der Waals surface area (Å²) in [5.41, 5.74) is 1.03. The van der Waals surface area contributed by atoms with E-state index >= 15 is 0 Å². The summed E-state index contributed by atoms with van der Waals surface area (Å²) in [5, 5.41) is 15.3. The van der Waals surface area contributed by atoms with Crippen molar-refractivity contribution in [3.63, 3.8) is 0 Å². The maximum Gasteiger partial charge on any atom is 0.321 e. The van der Waals surface area contributed by atoms with Gasteiger partial charge in [-0.3, -0.25) is 9.52 Å². The van der Waals surface area contributed by atoms with Crippen molar-refractivity contribution in [1.82, 2.24) is 9.80 Å². The molecule has 0 aliphatic carbocycles. The number of fused-ring (bicyclic) bond motifs is 2. The number of hydrogen-bond acceptors (Lipinski definition) is 8. The van der Waals surface area contributed by atoms with Crippen LogP contribution >= 0.6 is 0 Å². The average molecular weight is 747 g/mol. The zero-order valence-corrected chi connectivity index (χ0v) is 31.8. The van der Waals surface area contributed by atoms with Gasteiger partial charge in [0, 0.05) is 43.7 Å². The first-order valence-electron chi connectivity index (χ1n) is 17.9. The number of hydrogen-bond donors (Lipinski definition) is 3. The van der Waals surface area contributed by atoms with E-state index in [0.717, 1.165) is 23.6 Å². The van der Waals surface area contributed by atoms with Crippen molar-refractivity contribution in [2.75, 3.05) is 50.5 Å². The highest BCUT2D eigenvalue weighted by molar-refractivity contribution is 7.92. The van der Waals surface area contributed by atoms with Crippen molar-refractivity contribution < 1.29 is 37.3 Å². The number of methoxy groups -OCH3 is 1. The van der Waals surface area contributed by atoms with E-state index in [4.69, 9.17) is 14.2 Å². The Hall–Kier alpha value is -4.85. The normalized spacial score (nSPS) is 19.3. The lowest BCUT2D eigenvalue weighted by molar-refractivity contribution is -0.0115. The van der Waals surface area contributed by atoms with Crippen molar-refractivity contribution in [1.29, 1.82) is 0 Å². The van der Waals surface area contributed by atoms with Crippen LogP contribution in [0, 0.1) is 5.92 Å². The van der Waals surface area contributed by atoms with Crippen LogP contribution in [-0.2, 0) is 14.8 Å². The Kier molecular flexibility index (Phi) is 13.2. The summed E-state index contributed by atoms with van der Waals surface area (Å²) in [5.74, 6) is 0.114. The van der Waals surface area contributed by atoms with E-state index in [1.807, 2.05) is 56.3 Å². The molecule has 0 radical (unpaired) electrons. The van der Waals surface area contributed by atoms with Crippen LogP contribution in [0.25, 0.3) is 10.8 Å². The summed E-state index contributed by atoms with van der Waals surface area (Å²) in [7, 11) is -0.797. The molecule has 13 heteroatoms. The molecule has 0 aromatic heterocycles. The van der Waals surface area contributed by atoms with Gasteiger partial charge in [0.15, 0.2) is 0 Å². The van der Waals surface area contributed by atoms with E-state index < -0.39 is 28.1 Å². The van der Waals surface area contributed by atoms with Crippen LogP contribution in [0.1, 0.15) is 50.4 Å². The minimum absolute atomic E-state index is 0.0285. The largest absolute Gasteiger partial charge is 0.497 e. The van der Waals surface area contributed by atoms with E-state index in [1.165, 1.54) is 25.3 Å². The molecule has 53 heavy (non-hydrogen) atoms. The van der Waals surface area contributed by atoms with Gasteiger partial charge in [-0.05, 0) is 87.0 Å². The van der Waals surface area contributed by atoms with Gasteiger partial charge < -0.3 is 34.4 Å². The van der Waals surface area contributed by atoms with Gasteiger partial charge in [-0.15, -0.1) is 0 Å². The van der Waals surface area contributed by atoms with Crippen LogP contribution in [0.4, 0.5) is 16.2 Å². The number of amides is 3. The SMILES string of the molecule is COc1ccc(S(=O)(=O)Nc2ccc3c(c2)C(=O)N([C@@H](C)CO)C[C@H](C)[C@@H](CN(C)C(=O)Nc2cccc4ccccc24)OCCCC[C@@H](C)O3)cc1. The molecule has 0 unspecified atom stereocenters. The predicted molar refractivity (Wildman–Crippen MR) is 206 cm³/mol. The fourth-order valence-electron chi connectivity index (χ4n) is 6.32. The van der Waals surface area contributed by atoms with E-state index in [9.17, 15) is 23.1 Å².